The van der Waals surface area contributed by atoms with Gasteiger partial charge < -0.3 is 4.57 Å². The maximum atomic E-state index is 5.34. The Labute approximate surface area is 293 Å². The van der Waals surface area contributed by atoms with E-state index in [0.717, 1.165) is 44.6 Å². The molecule has 0 unspecified atom stereocenters. The van der Waals surface area contributed by atoms with Crippen LogP contribution >= 0.6 is 0 Å². The first-order valence-electron chi connectivity index (χ1n) is 17.4. The molecule has 0 bridgehead atoms. The van der Waals surface area contributed by atoms with Crippen molar-refractivity contribution in [1.29, 1.82) is 0 Å². The van der Waals surface area contributed by atoms with Gasteiger partial charge in [-0.05, 0) is 74.1 Å². The normalized spacial score (nSPS) is 11.9. The number of hydrogen-bond donors (Lipinski definition) is 0. The zero-order valence-electron chi connectivity index (χ0n) is 27.6. The lowest BCUT2D eigenvalue weighted by atomic mass is 9.97. The second-order valence-corrected chi connectivity index (χ2v) is 13.4. The van der Waals surface area contributed by atoms with E-state index in [1.54, 1.807) is 0 Å². The molecule has 0 saturated carbocycles. The number of nitrogens with zero attached hydrogens (tertiary/aromatic N) is 3. The fourth-order valence-corrected chi connectivity index (χ4v) is 8.16. The fourth-order valence-electron chi connectivity index (χ4n) is 8.16. The van der Waals surface area contributed by atoms with Crippen LogP contribution in [0.2, 0.25) is 0 Å². The minimum absolute atomic E-state index is 0.726. The molecule has 11 rings (SSSR count). The Morgan fingerprint density at radius 1 is 0.373 bits per heavy atom. The summed E-state index contributed by atoms with van der Waals surface area (Å²) >= 11 is 0. The van der Waals surface area contributed by atoms with Crippen molar-refractivity contribution in [2.45, 2.75) is 0 Å². The van der Waals surface area contributed by atoms with Crippen LogP contribution in [0.4, 0.5) is 0 Å². The second-order valence-electron chi connectivity index (χ2n) is 13.4. The molecule has 11 aromatic rings. The lowest BCUT2D eigenvalue weighted by molar-refractivity contribution is 1.20. The van der Waals surface area contributed by atoms with Crippen LogP contribution in [0.5, 0.6) is 0 Å². The van der Waals surface area contributed by atoms with E-state index in [1.807, 2.05) is 0 Å². The van der Waals surface area contributed by atoms with Crippen molar-refractivity contribution in [3.05, 3.63) is 176 Å². The molecule has 0 fully saturated rings. The predicted octanol–water partition coefficient (Wildman–Crippen LogP) is 12.7. The Morgan fingerprint density at radius 3 is 1.82 bits per heavy atom. The molecule has 3 nitrogen and oxygen atoms in total. The van der Waals surface area contributed by atoms with Crippen LogP contribution in [-0.2, 0) is 0 Å². The van der Waals surface area contributed by atoms with Gasteiger partial charge in [0.25, 0.3) is 0 Å². The molecule has 0 aliphatic heterocycles. The number of fused-ring (bicyclic) bond motifs is 9. The monoisotopic (exact) mass is 647 g/mol. The average molecular weight is 648 g/mol. The molecular formula is C48H29N3. The summed E-state index contributed by atoms with van der Waals surface area (Å²) < 4.78 is 2.47. The third kappa shape index (κ3) is 4.25. The number of benzene rings is 9. The summed E-state index contributed by atoms with van der Waals surface area (Å²) in [6, 6.07) is 63.3. The van der Waals surface area contributed by atoms with E-state index in [9.17, 15) is 0 Å². The van der Waals surface area contributed by atoms with E-state index in [1.165, 1.54) is 59.5 Å². The van der Waals surface area contributed by atoms with Gasteiger partial charge in [-0.2, -0.15) is 0 Å². The second kappa shape index (κ2) is 10.8. The summed E-state index contributed by atoms with van der Waals surface area (Å²) in [6.45, 7) is 0. The summed E-state index contributed by atoms with van der Waals surface area (Å²) in [7, 11) is 0. The molecule has 0 radical (unpaired) electrons. The van der Waals surface area contributed by atoms with Gasteiger partial charge in [0, 0.05) is 32.7 Å². The number of aromatic nitrogens is 3. The van der Waals surface area contributed by atoms with Crippen molar-refractivity contribution >= 4 is 75.8 Å². The molecule has 0 spiro atoms. The predicted molar refractivity (Wildman–Crippen MR) is 215 cm³/mol. The van der Waals surface area contributed by atoms with Crippen LogP contribution in [0.25, 0.3) is 104 Å². The first kappa shape index (κ1) is 28.0. The number of rotatable bonds is 3. The van der Waals surface area contributed by atoms with Gasteiger partial charge in [0.05, 0.1) is 27.9 Å². The Balaban J connectivity index is 1.20. The molecule has 236 valence electrons. The van der Waals surface area contributed by atoms with E-state index in [0.29, 0.717) is 0 Å². The molecule has 0 N–H and O–H groups in total. The molecule has 0 aliphatic carbocycles. The maximum Gasteiger partial charge on any atom is 0.160 e. The fraction of sp³-hybridized carbons (Fsp3) is 0. The highest BCUT2D eigenvalue weighted by Gasteiger charge is 2.20. The van der Waals surface area contributed by atoms with Gasteiger partial charge in [0.15, 0.2) is 5.82 Å². The highest BCUT2D eigenvalue weighted by atomic mass is 15.0. The molecule has 51 heavy (non-hydrogen) atoms. The summed E-state index contributed by atoms with van der Waals surface area (Å²) in [5, 5.41) is 13.3. The Hall–Kier alpha value is -6.84. The van der Waals surface area contributed by atoms with Gasteiger partial charge in [0.2, 0.25) is 0 Å². The molecular weight excluding hydrogens is 619 g/mol. The lowest BCUT2D eigenvalue weighted by Gasteiger charge is -2.16. The lowest BCUT2D eigenvalue weighted by Crippen LogP contribution is -1.99. The van der Waals surface area contributed by atoms with Crippen molar-refractivity contribution in [1.82, 2.24) is 14.5 Å². The van der Waals surface area contributed by atoms with E-state index in [4.69, 9.17) is 9.97 Å². The molecule has 2 heterocycles. The van der Waals surface area contributed by atoms with Crippen molar-refractivity contribution < 1.29 is 0 Å². The maximum absolute atomic E-state index is 5.34. The van der Waals surface area contributed by atoms with Crippen LogP contribution < -0.4 is 0 Å². The van der Waals surface area contributed by atoms with Crippen LogP contribution in [0.1, 0.15) is 0 Å². The third-order valence-electron chi connectivity index (χ3n) is 10.5. The van der Waals surface area contributed by atoms with Gasteiger partial charge in [-0.15, -0.1) is 0 Å². The van der Waals surface area contributed by atoms with Crippen LogP contribution in [-0.4, -0.2) is 14.5 Å². The minimum atomic E-state index is 0.726. The van der Waals surface area contributed by atoms with Gasteiger partial charge in [-0.1, -0.05) is 140 Å². The smallest absolute Gasteiger partial charge is 0.160 e. The summed E-state index contributed by atoms with van der Waals surface area (Å²) in [5.41, 5.74) is 7.50. The topological polar surface area (TPSA) is 30.7 Å². The molecule has 2 aromatic heterocycles. The highest BCUT2D eigenvalue weighted by molar-refractivity contribution is 6.24. The van der Waals surface area contributed by atoms with E-state index < -0.39 is 0 Å². The van der Waals surface area contributed by atoms with Crippen LogP contribution in [0.15, 0.2) is 176 Å². The minimum Gasteiger partial charge on any atom is -0.309 e. The van der Waals surface area contributed by atoms with Gasteiger partial charge >= 0.3 is 0 Å². The molecule has 0 aliphatic rings. The molecule has 0 amide bonds. The van der Waals surface area contributed by atoms with Crippen molar-refractivity contribution in [3.63, 3.8) is 0 Å². The largest absolute Gasteiger partial charge is 0.309 e. The van der Waals surface area contributed by atoms with Gasteiger partial charge in [-0.3, -0.25) is 0 Å². The van der Waals surface area contributed by atoms with E-state index in [2.05, 4.69) is 180 Å². The average Bonchev–Trinajstić information content (AvgIpc) is 3.52. The van der Waals surface area contributed by atoms with E-state index in [-0.39, 0.29) is 0 Å². The summed E-state index contributed by atoms with van der Waals surface area (Å²) in [5.74, 6) is 0.726. The number of para-hydroxylation sites is 1. The standard InChI is InChI=1S/C48H29N3/c1-2-13-32-27-35(22-21-30(32)11-1)48-49-42-20-10-9-19-40(42)47(50-48)39-24-26-43(38-18-8-7-17-37(38)39)51-44-25-23-31-12-5-6-16-36(31)46(44)41-28-33-14-3-4-15-34(33)29-45(41)51/h1-29H. The quantitative estimate of drug-likeness (QED) is 0.191. The molecule has 9 aromatic carbocycles. The Bertz CT molecular complexity index is 3210. The third-order valence-corrected chi connectivity index (χ3v) is 10.5. The Morgan fingerprint density at radius 2 is 1.00 bits per heavy atom. The van der Waals surface area contributed by atoms with Crippen molar-refractivity contribution in [2.75, 3.05) is 0 Å². The van der Waals surface area contributed by atoms with E-state index >= 15 is 0 Å². The zero-order chi connectivity index (χ0) is 33.5. The first-order valence-corrected chi connectivity index (χ1v) is 17.4. The molecule has 0 saturated heterocycles. The zero-order valence-corrected chi connectivity index (χ0v) is 27.6. The van der Waals surface area contributed by atoms with Crippen LogP contribution in [0, 0.1) is 0 Å². The highest BCUT2D eigenvalue weighted by Crippen LogP contribution is 2.42. The van der Waals surface area contributed by atoms with Gasteiger partial charge in [-0.25, -0.2) is 9.97 Å². The summed E-state index contributed by atoms with van der Waals surface area (Å²) in [6.07, 6.45) is 0. The molecule has 3 heteroatoms. The summed E-state index contributed by atoms with van der Waals surface area (Å²) in [4.78, 5) is 10.4. The molecule has 0 atom stereocenters. The van der Waals surface area contributed by atoms with Crippen molar-refractivity contribution in [3.8, 4) is 28.3 Å². The van der Waals surface area contributed by atoms with Crippen molar-refractivity contribution in [2.24, 2.45) is 0 Å². The number of hydrogen-bond acceptors (Lipinski definition) is 2. The van der Waals surface area contributed by atoms with Gasteiger partial charge in [0.1, 0.15) is 0 Å². The SMILES string of the molecule is c1ccc2cc(-c3nc(-c4ccc(-n5c6cc7ccccc7cc6c6c7ccccc7ccc65)c5ccccc45)c4ccccc4n3)ccc2c1. The Kier molecular flexibility index (Phi) is 5.96. The first-order chi connectivity index (χ1) is 25.3. The van der Waals surface area contributed by atoms with Crippen LogP contribution in [0.3, 0.4) is 0 Å².